The van der Waals surface area contributed by atoms with Crippen molar-refractivity contribution in [1.29, 1.82) is 0 Å². The van der Waals surface area contributed by atoms with Crippen LogP contribution < -0.4 is 5.32 Å². The predicted molar refractivity (Wildman–Crippen MR) is 63.4 cm³/mol. The maximum Gasteiger partial charge on any atom is 0.271 e. The van der Waals surface area contributed by atoms with Crippen LogP contribution in [-0.4, -0.2) is 14.9 Å². The summed E-state index contributed by atoms with van der Waals surface area (Å²) in [6.07, 6.45) is 0.912. The van der Waals surface area contributed by atoms with Crippen LogP contribution in [0.3, 0.4) is 0 Å². The summed E-state index contributed by atoms with van der Waals surface area (Å²) < 4.78 is 12.8. The molecular weight excluding hydrogens is 263 g/mol. The normalized spacial score (nSPS) is 10.1. The van der Waals surface area contributed by atoms with Crippen molar-refractivity contribution in [2.75, 3.05) is 5.32 Å². The number of nitro benzene ring substituents is 1. The lowest BCUT2D eigenvalue weighted by molar-refractivity contribution is -0.384. The van der Waals surface area contributed by atoms with E-state index in [4.69, 9.17) is 11.6 Å². The number of nitrogens with zero attached hydrogens (tertiary/aromatic N) is 3. The number of benzene rings is 1. The van der Waals surface area contributed by atoms with Crippen LogP contribution in [0.4, 0.5) is 21.7 Å². The Morgan fingerprint density at radius 2 is 2.22 bits per heavy atom. The minimum Gasteiger partial charge on any atom is -0.324 e. The molecule has 0 saturated carbocycles. The number of nitro groups is 1. The highest BCUT2D eigenvalue weighted by atomic mass is 35.5. The van der Waals surface area contributed by atoms with E-state index in [9.17, 15) is 14.5 Å². The monoisotopic (exact) mass is 268 g/mol. The number of hydrogen-bond acceptors (Lipinski definition) is 5. The molecule has 0 aliphatic carbocycles. The summed E-state index contributed by atoms with van der Waals surface area (Å²) in [7, 11) is 0. The fraction of sp³-hybridized carbons (Fsp3) is 0. The molecule has 1 N–H and O–H groups in total. The van der Waals surface area contributed by atoms with Crippen molar-refractivity contribution in [3.8, 4) is 0 Å². The molecule has 0 fully saturated rings. The van der Waals surface area contributed by atoms with E-state index in [0.717, 1.165) is 6.20 Å². The second-order valence-electron chi connectivity index (χ2n) is 3.26. The first-order chi connectivity index (χ1) is 8.56. The number of rotatable bonds is 3. The van der Waals surface area contributed by atoms with Crippen LogP contribution in [0.5, 0.6) is 0 Å². The lowest BCUT2D eigenvalue weighted by Gasteiger charge is -2.04. The number of aromatic nitrogens is 2. The third-order valence-corrected chi connectivity index (χ3v) is 2.28. The SMILES string of the molecule is O=[N+]([O-])c1cccc(Nc2ncc(F)c(Cl)n2)c1. The highest BCUT2D eigenvalue weighted by Gasteiger charge is 2.08. The zero-order chi connectivity index (χ0) is 13.1. The highest BCUT2D eigenvalue weighted by molar-refractivity contribution is 6.29. The molecule has 2 rings (SSSR count). The first kappa shape index (κ1) is 12.2. The molecule has 0 amide bonds. The van der Waals surface area contributed by atoms with Gasteiger partial charge in [-0.25, -0.2) is 9.37 Å². The largest absolute Gasteiger partial charge is 0.324 e. The van der Waals surface area contributed by atoms with Crippen molar-refractivity contribution in [1.82, 2.24) is 9.97 Å². The second-order valence-corrected chi connectivity index (χ2v) is 3.62. The van der Waals surface area contributed by atoms with Crippen molar-refractivity contribution < 1.29 is 9.31 Å². The van der Waals surface area contributed by atoms with Crippen molar-refractivity contribution in [2.24, 2.45) is 0 Å². The standard InChI is InChI=1S/C10H6ClFN4O2/c11-9-8(12)5-13-10(15-9)14-6-2-1-3-7(4-6)16(17)18/h1-5H,(H,13,14,15). The molecule has 1 aromatic carbocycles. The first-order valence-electron chi connectivity index (χ1n) is 4.76. The Kier molecular flexibility index (Phi) is 3.33. The van der Waals surface area contributed by atoms with Crippen molar-refractivity contribution >= 4 is 28.9 Å². The van der Waals surface area contributed by atoms with E-state index in [0.29, 0.717) is 5.69 Å². The summed E-state index contributed by atoms with van der Waals surface area (Å²) in [4.78, 5) is 17.4. The van der Waals surface area contributed by atoms with Crippen LogP contribution in [0, 0.1) is 15.9 Å². The van der Waals surface area contributed by atoms with E-state index in [1.807, 2.05) is 0 Å². The molecule has 0 aliphatic rings. The molecule has 0 atom stereocenters. The highest BCUT2D eigenvalue weighted by Crippen LogP contribution is 2.20. The van der Waals surface area contributed by atoms with Crippen molar-refractivity contribution in [2.45, 2.75) is 0 Å². The molecule has 1 aromatic heterocycles. The Morgan fingerprint density at radius 1 is 1.44 bits per heavy atom. The molecule has 8 heteroatoms. The molecule has 6 nitrogen and oxygen atoms in total. The van der Waals surface area contributed by atoms with E-state index >= 15 is 0 Å². The van der Waals surface area contributed by atoms with Gasteiger partial charge in [0.15, 0.2) is 11.0 Å². The van der Waals surface area contributed by atoms with Gasteiger partial charge < -0.3 is 5.32 Å². The molecule has 0 bridgehead atoms. The summed E-state index contributed by atoms with van der Waals surface area (Å²) >= 11 is 5.49. The average Bonchev–Trinajstić information content (AvgIpc) is 2.34. The van der Waals surface area contributed by atoms with E-state index in [-0.39, 0.29) is 16.8 Å². The zero-order valence-electron chi connectivity index (χ0n) is 8.80. The Labute approximate surface area is 106 Å². The smallest absolute Gasteiger partial charge is 0.271 e. The summed E-state index contributed by atoms with van der Waals surface area (Å²) in [6.45, 7) is 0. The van der Waals surface area contributed by atoms with Crippen LogP contribution in [0.25, 0.3) is 0 Å². The molecule has 0 aliphatic heterocycles. The third kappa shape index (κ3) is 2.69. The molecule has 0 unspecified atom stereocenters. The van der Waals surface area contributed by atoms with E-state index in [1.54, 1.807) is 6.07 Å². The fourth-order valence-corrected chi connectivity index (χ4v) is 1.36. The van der Waals surface area contributed by atoms with Gasteiger partial charge >= 0.3 is 0 Å². The number of non-ortho nitro benzene ring substituents is 1. The second kappa shape index (κ2) is 4.92. The van der Waals surface area contributed by atoms with Gasteiger partial charge in [0.2, 0.25) is 5.95 Å². The molecule has 0 saturated heterocycles. The number of halogens is 2. The molecule has 18 heavy (non-hydrogen) atoms. The minimum absolute atomic E-state index is 0.0573. The van der Waals surface area contributed by atoms with E-state index in [1.165, 1.54) is 18.2 Å². The Bertz CT molecular complexity index is 608. The van der Waals surface area contributed by atoms with Gasteiger partial charge in [-0.05, 0) is 6.07 Å². The Morgan fingerprint density at radius 3 is 2.89 bits per heavy atom. The van der Waals surface area contributed by atoms with Gasteiger partial charge in [0.25, 0.3) is 5.69 Å². The van der Waals surface area contributed by atoms with Gasteiger partial charge in [-0.15, -0.1) is 0 Å². The van der Waals surface area contributed by atoms with Crippen LogP contribution in [0.15, 0.2) is 30.5 Å². The summed E-state index contributed by atoms with van der Waals surface area (Å²) in [6, 6.07) is 5.75. The minimum atomic E-state index is -0.735. The van der Waals surface area contributed by atoms with E-state index in [2.05, 4.69) is 15.3 Å². The van der Waals surface area contributed by atoms with Gasteiger partial charge in [-0.3, -0.25) is 10.1 Å². The van der Waals surface area contributed by atoms with Gasteiger partial charge in [0.05, 0.1) is 11.1 Å². The topological polar surface area (TPSA) is 81.0 Å². The number of hydrogen-bond donors (Lipinski definition) is 1. The molecule has 2 aromatic rings. The van der Waals surface area contributed by atoms with Crippen LogP contribution in [0.2, 0.25) is 5.15 Å². The van der Waals surface area contributed by atoms with Crippen LogP contribution >= 0.6 is 11.6 Å². The average molecular weight is 269 g/mol. The van der Waals surface area contributed by atoms with Gasteiger partial charge in [0, 0.05) is 17.8 Å². The molecule has 1 heterocycles. The Hall–Kier alpha value is -2.28. The lowest BCUT2D eigenvalue weighted by atomic mass is 10.3. The zero-order valence-corrected chi connectivity index (χ0v) is 9.56. The third-order valence-electron chi connectivity index (χ3n) is 2.01. The molecule has 0 spiro atoms. The molecular formula is C10H6ClFN4O2. The maximum absolute atomic E-state index is 12.8. The lowest BCUT2D eigenvalue weighted by Crippen LogP contribution is -1.99. The predicted octanol–water partition coefficient (Wildman–Crippen LogP) is 2.92. The number of anilines is 2. The van der Waals surface area contributed by atoms with Crippen LogP contribution in [0.1, 0.15) is 0 Å². The summed E-state index contributed by atoms with van der Waals surface area (Å²) in [5.74, 6) is -0.678. The summed E-state index contributed by atoms with van der Waals surface area (Å²) in [5.41, 5.74) is 0.333. The summed E-state index contributed by atoms with van der Waals surface area (Å²) in [5, 5.41) is 12.9. The van der Waals surface area contributed by atoms with Crippen molar-refractivity contribution in [3.63, 3.8) is 0 Å². The molecule has 92 valence electrons. The van der Waals surface area contributed by atoms with Gasteiger partial charge in [0.1, 0.15) is 0 Å². The van der Waals surface area contributed by atoms with Gasteiger partial charge in [-0.2, -0.15) is 4.98 Å². The number of nitrogens with one attached hydrogen (secondary N) is 1. The molecule has 0 radical (unpaired) electrons. The van der Waals surface area contributed by atoms with Gasteiger partial charge in [-0.1, -0.05) is 17.7 Å². The van der Waals surface area contributed by atoms with Crippen LogP contribution in [-0.2, 0) is 0 Å². The Balaban J connectivity index is 2.25. The maximum atomic E-state index is 12.8. The fourth-order valence-electron chi connectivity index (χ4n) is 1.23. The van der Waals surface area contributed by atoms with Crippen molar-refractivity contribution in [3.05, 3.63) is 51.5 Å². The quantitative estimate of drug-likeness (QED) is 0.526. The van der Waals surface area contributed by atoms with E-state index < -0.39 is 10.7 Å². The first-order valence-corrected chi connectivity index (χ1v) is 5.13.